The Kier molecular flexibility index (Phi) is 2.70. The molecule has 1 rings (SSSR count). The number of anilines is 1. The van der Waals surface area contributed by atoms with Crippen molar-refractivity contribution >= 4 is 5.69 Å². The van der Waals surface area contributed by atoms with Crippen molar-refractivity contribution in [1.29, 1.82) is 0 Å². The second-order valence-electron chi connectivity index (χ2n) is 2.82. The van der Waals surface area contributed by atoms with Gasteiger partial charge in [0.25, 0.3) is 0 Å². The van der Waals surface area contributed by atoms with Gasteiger partial charge in [-0.25, -0.2) is 0 Å². The van der Waals surface area contributed by atoms with Crippen LogP contribution in [0, 0.1) is 18.8 Å². The fourth-order valence-electron chi connectivity index (χ4n) is 0.912. The molecule has 0 saturated carbocycles. The molecule has 1 aromatic rings. The van der Waals surface area contributed by atoms with Crippen molar-refractivity contribution in [3.05, 3.63) is 29.3 Å². The van der Waals surface area contributed by atoms with Crippen molar-refractivity contribution in [2.75, 3.05) is 5.73 Å². The summed E-state index contributed by atoms with van der Waals surface area (Å²) in [7, 11) is 0. The Bertz CT molecular complexity index is 396. The topological polar surface area (TPSA) is 26.0 Å². The largest absolute Gasteiger partial charge is 0.458 e. The molecule has 0 radical (unpaired) electrons. The van der Waals surface area contributed by atoms with Gasteiger partial charge >= 0.3 is 6.18 Å². The van der Waals surface area contributed by atoms with Crippen molar-refractivity contribution in [3.63, 3.8) is 0 Å². The molecule has 0 aromatic heterocycles. The quantitative estimate of drug-likeness (QED) is 0.504. The number of benzene rings is 1. The number of alkyl halides is 3. The summed E-state index contributed by atoms with van der Waals surface area (Å²) in [6.07, 6.45) is -4.46. The highest BCUT2D eigenvalue weighted by Gasteiger charge is 2.22. The Balaban J connectivity index is 3.06. The smallest absolute Gasteiger partial charge is 0.399 e. The zero-order valence-electron chi connectivity index (χ0n) is 7.44. The lowest BCUT2D eigenvalue weighted by Crippen LogP contribution is -2.01. The molecule has 0 saturated heterocycles. The first-order chi connectivity index (χ1) is 6.38. The van der Waals surface area contributed by atoms with Crippen LogP contribution in [0.15, 0.2) is 18.2 Å². The number of hydrogen-bond acceptors (Lipinski definition) is 1. The van der Waals surface area contributed by atoms with E-state index in [1.807, 2.05) is 5.92 Å². The van der Waals surface area contributed by atoms with Crippen LogP contribution in [-0.2, 0) is 0 Å². The van der Waals surface area contributed by atoms with Crippen LogP contribution in [0.4, 0.5) is 18.9 Å². The summed E-state index contributed by atoms with van der Waals surface area (Å²) in [4.78, 5) is 0. The van der Waals surface area contributed by atoms with Gasteiger partial charge in [0.15, 0.2) is 0 Å². The minimum absolute atomic E-state index is 0.308. The van der Waals surface area contributed by atoms with E-state index in [-0.39, 0.29) is 0 Å². The highest BCUT2D eigenvalue weighted by molar-refractivity contribution is 5.51. The Hall–Kier alpha value is -1.63. The number of halogens is 3. The molecular formula is C10H8F3N. The number of hydrogen-bond donors (Lipinski definition) is 1. The van der Waals surface area contributed by atoms with Gasteiger partial charge in [0, 0.05) is 17.2 Å². The molecular weight excluding hydrogens is 191 g/mol. The van der Waals surface area contributed by atoms with E-state index in [1.165, 1.54) is 12.0 Å². The average molecular weight is 199 g/mol. The summed E-state index contributed by atoms with van der Waals surface area (Å²) >= 11 is 0. The fraction of sp³-hybridized carbons (Fsp3) is 0.200. The van der Waals surface area contributed by atoms with Crippen LogP contribution in [0.5, 0.6) is 0 Å². The summed E-state index contributed by atoms with van der Waals surface area (Å²) in [5.41, 5.74) is 6.81. The fourth-order valence-corrected chi connectivity index (χ4v) is 0.912. The molecule has 0 atom stereocenters. The Morgan fingerprint density at radius 3 is 2.50 bits per heavy atom. The van der Waals surface area contributed by atoms with Gasteiger partial charge in [-0.15, -0.1) is 0 Å². The summed E-state index contributed by atoms with van der Waals surface area (Å²) in [5, 5.41) is 0. The Morgan fingerprint density at radius 2 is 1.93 bits per heavy atom. The van der Waals surface area contributed by atoms with E-state index in [2.05, 4.69) is 0 Å². The van der Waals surface area contributed by atoms with Crippen LogP contribution < -0.4 is 5.73 Å². The predicted octanol–water partition coefficient (Wildman–Crippen LogP) is 2.49. The lowest BCUT2D eigenvalue weighted by molar-refractivity contribution is -0.0696. The zero-order chi connectivity index (χ0) is 10.8. The number of rotatable bonds is 0. The van der Waals surface area contributed by atoms with Crippen molar-refractivity contribution in [3.8, 4) is 11.8 Å². The molecule has 2 N–H and O–H groups in total. The van der Waals surface area contributed by atoms with Crippen molar-refractivity contribution in [2.24, 2.45) is 0 Å². The van der Waals surface area contributed by atoms with Crippen LogP contribution in [0.1, 0.15) is 11.1 Å². The first-order valence-electron chi connectivity index (χ1n) is 3.84. The number of nitrogens with two attached hydrogens (primary N) is 1. The first kappa shape index (κ1) is 10.5. The van der Waals surface area contributed by atoms with Crippen LogP contribution >= 0.6 is 0 Å². The lowest BCUT2D eigenvalue weighted by Gasteiger charge is -1.99. The van der Waals surface area contributed by atoms with Crippen molar-refractivity contribution < 1.29 is 13.2 Å². The van der Waals surface area contributed by atoms with Crippen molar-refractivity contribution in [1.82, 2.24) is 0 Å². The van der Waals surface area contributed by atoms with Crippen LogP contribution in [0.2, 0.25) is 0 Å². The van der Waals surface area contributed by atoms with E-state index >= 15 is 0 Å². The molecule has 0 amide bonds. The third kappa shape index (κ3) is 3.02. The third-order valence-electron chi connectivity index (χ3n) is 1.60. The summed E-state index contributed by atoms with van der Waals surface area (Å²) < 4.78 is 35.3. The minimum atomic E-state index is -4.46. The SMILES string of the molecule is Cc1ccc(N)cc1C#CC(F)(F)F. The lowest BCUT2D eigenvalue weighted by atomic mass is 10.1. The van der Waals surface area contributed by atoms with E-state index in [4.69, 9.17) is 5.73 Å². The van der Waals surface area contributed by atoms with E-state index in [0.29, 0.717) is 16.8 Å². The predicted molar refractivity (Wildman–Crippen MR) is 48.5 cm³/mol. The highest BCUT2D eigenvalue weighted by atomic mass is 19.4. The van der Waals surface area contributed by atoms with Crippen LogP contribution in [0.3, 0.4) is 0 Å². The molecule has 0 aliphatic carbocycles. The van der Waals surface area contributed by atoms with E-state index in [9.17, 15) is 13.2 Å². The number of aryl methyl sites for hydroxylation is 1. The molecule has 0 aliphatic rings. The number of nitrogen functional groups attached to an aromatic ring is 1. The summed E-state index contributed by atoms with van der Waals surface area (Å²) in [6, 6.07) is 4.68. The van der Waals surface area contributed by atoms with Gasteiger partial charge in [-0.05, 0) is 24.6 Å². The second kappa shape index (κ2) is 3.62. The van der Waals surface area contributed by atoms with Gasteiger partial charge in [-0.2, -0.15) is 13.2 Å². The Labute approximate surface area is 79.7 Å². The molecule has 74 valence electrons. The first-order valence-corrected chi connectivity index (χ1v) is 3.84. The molecule has 0 spiro atoms. The van der Waals surface area contributed by atoms with E-state index < -0.39 is 6.18 Å². The third-order valence-corrected chi connectivity index (χ3v) is 1.60. The van der Waals surface area contributed by atoms with Crippen molar-refractivity contribution in [2.45, 2.75) is 13.1 Å². The summed E-state index contributed by atoms with van der Waals surface area (Å²) in [6.45, 7) is 1.68. The normalized spacial score (nSPS) is 10.6. The summed E-state index contributed by atoms with van der Waals surface area (Å²) in [5.74, 6) is 3.24. The molecule has 1 aromatic carbocycles. The molecule has 0 heterocycles. The van der Waals surface area contributed by atoms with Gasteiger partial charge in [-0.3, -0.25) is 0 Å². The average Bonchev–Trinajstić information content (AvgIpc) is 2.05. The highest BCUT2D eigenvalue weighted by Crippen LogP contribution is 2.15. The second-order valence-corrected chi connectivity index (χ2v) is 2.82. The monoisotopic (exact) mass is 199 g/mol. The molecule has 0 fully saturated rings. The molecule has 0 bridgehead atoms. The zero-order valence-corrected chi connectivity index (χ0v) is 7.44. The maximum Gasteiger partial charge on any atom is 0.458 e. The Morgan fingerprint density at radius 1 is 1.29 bits per heavy atom. The van der Waals surface area contributed by atoms with Crippen LogP contribution in [-0.4, -0.2) is 6.18 Å². The van der Waals surface area contributed by atoms with Gasteiger partial charge in [0.2, 0.25) is 0 Å². The minimum Gasteiger partial charge on any atom is -0.399 e. The van der Waals surface area contributed by atoms with Gasteiger partial charge in [-0.1, -0.05) is 12.0 Å². The maximum absolute atomic E-state index is 11.8. The van der Waals surface area contributed by atoms with E-state index in [1.54, 1.807) is 19.1 Å². The standard InChI is InChI=1S/C10H8F3N/c1-7-2-3-9(14)6-8(7)4-5-10(11,12)13/h2-3,6H,14H2,1H3. The molecule has 1 nitrogen and oxygen atoms in total. The van der Waals surface area contributed by atoms with Gasteiger partial charge in [0.05, 0.1) is 0 Å². The van der Waals surface area contributed by atoms with Gasteiger partial charge < -0.3 is 5.73 Å². The molecule has 0 unspecified atom stereocenters. The van der Waals surface area contributed by atoms with Crippen LogP contribution in [0.25, 0.3) is 0 Å². The molecule has 14 heavy (non-hydrogen) atoms. The van der Waals surface area contributed by atoms with Gasteiger partial charge in [0.1, 0.15) is 0 Å². The van der Waals surface area contributed by atoms with E-state index in [0.717, 1.165) is 0 Å². The maximum atomic E-state index is 11.8. The molecule has 0 aliphatic heterocycles. The molecule has 4 heteroatoms.